The summed E-state index contributed by atoms with van der Waals surface area (Å²) in [4.78, 5) is 23.3. The number of carbonyl (C=O) groups is 1. The first-order valence-electron chi connectivity index (χ1n) is 9.25. The maximum atomic E-state index is 12.6. The Kier molecular flexibility index (Phi) is 5.25. The lowest BCUT2D eigenvalue weighted by molar-refractivity contribution is -0.125. The fourth-order valence-corrected chi connectivity index (χ4v) is 3.88. The predicted octanol–water partition coefficient (Wildman–Crippen LogP) is 3.12. The predicted molar refractivity (Wildman–Crippen MR) is 107 cm³/mol. The number of nitrogens with zero attached hydrogens (tertiary/aromatic N) is 4. The second kappa shape index (κ2) is 7.96. The molecule has 1 saturated heterocycles. The fraction of sp³-hybridized carbons (Fsp3) is 0.350. The van der Waals surface area contributed by atoms with Crippen LogP contribution < -0.4 is 10.2 Å². The molecule has 1 aliphatic rings. The highest BCUT2D eigenvalue weighted by Gasteiger charge is 2.26. The zero-order chi connectivity index (χ0) is 18.6. The zero-order valence-electron chi connectivity index (χ0n) is 15.0. The van der Waals surface area contributed by atoms with Crippen LogP contribution in [-0.2, 0) is 11.3 Å². The molecule has 3 heterocycles. The number of benzene rings is 1. The van der Waals surface area contributed by atoms with Crippen LogP contribution >= 0.6 is 11.6 Å². The average Bonchev–Trinajstić information content (AvgIpc) is 3.13. The first kappa shape index (κ1) is 17.8. The Labute approximate surface area is 163 Å². The maximum Gasteiger partial charge on any atom is 0.225 e. The highest BCUT2D eigenvalue weighted by Crippen LogP contribution is 2.24. The number of amides is 1. The van der Waals surface area contributed by atoms with Gasteiger partial charge in [-0.3, -0.25) is 4.79 Å². The minimum absolute atomic E-state index is 0.0293. The van der Waals surface area contributed by atoms with E-state index in [1.807, 2.05) is 30.5 Å². The Balaban J connectivity index is 1.33. The molecule has 140 valence electrons. The SMILES string of the molecule is O=C(NCCn1ccc2c(Cl)cccc21)[C@@H]1CCCN(c2ncccn2)C1. The van der Waals surface area contributed by atoms with E-state index in [0.29, 0.717) is 25.6 Å². The van der Waals surface area contributed by atoms with Gasteiger partial charge in [0.15, 0.2) is 0 Å². The molecular formula is C20H22ClN5O. The average molecular weight is 384 g/mol. The Morgan fingerprint density at radius 3 is 2.93 bits per heavy atom. The van der Waals surface area contributed by atoms with Crippen LogP contribution in [0.25, 0.3) is 10.9 Å². The van der Waals surface area contributed by atoms with E-state index in [4.69, 9.17) is 11.6 Å². The Bertz CT molecular complexity index is 927. The van der Waals surface area contributed by atoms with Gasteiger partial charge >= 0.3 is 0 Å². The second-order valence-electron chi connectivity index (χ2n) is 6.81. The van der Waals surface area contributed by atoms with E-state index in [0.717, 1.165) is 35.3 Å². The molecule has 0 radical (unpaired) electrons. The van der Waals surface area contributed by atoms with E-state index < -0.39 is 0 Å². The van der Waals surface area contributed by atoms with Crippen LogP contribution in [0.15, 0.2) is 48.9 Å². The Morgan fingerprint density at radius 2 is 2.07 bits per heavy atom. The number of carbonyl (C=O) groups excluding carboxylic acids is 1. The van der Waals surface area contributed by atoms with Crippen LogP contribution in [0.5, 0.6) is 0 Å². The number of aromatic nitrogens is 3. The van der Waals surface area contributed by atoms with Crippen molar-refractivity contribution >= 4 is 34.4 Å². The number of halogens is 1. The minimum atomic E-state index is -0.0293. The summed E-state index contributed by atoms with van der Waals surface area (Å²) in [6, 6.07) is 9.69. The van der Waals surface area contributed by atoms with E-state index in [9.17, 15) is 4.79 Å². The highest BCUT2D eigenvalue weighted by molar-refractivity contribution is 6.35. The highest BCUT2D eigenvalue weighted by atomic mass is 35.5. The summed E-state index contributed by atoms with van der Waals surface area (Å²) >= 11 is 6.22. The number of nitrogens with one attached hydrogen (secondary N) is 1. The lowest BCUT2D eigenvalue weighted by atomic mass is 9.97. The van der Waals surface area contributed by atoms with Crippen molar-refractivity contribution < 1.29 is 4.79 Å². The fourth-order valence-electron chi connectivity index (χ4n) is 3.65. The molecule has 0 spiro atoms. The number of hydrogen-bond acceptors (Lipinski definition) is 4. The molecule has 4 rings (SSSR count). The number of rotatable bonds is 5. The topological polar surface area (TPSA) is 63.1 Å². The van der Waals surface area contributed by atoms with Crippen molar-refractivity contribution in [2.45, 2.75) is 19.4 Å². The van der Waals surface area contributed by atoms with E-state index in [2.05, 4.69) is 24.8 Å². The van der Waals surface area contributed by atoms with Crippen LogP contribution in [-0.4, -0.2) is 40.1 Å². The second-order valence-corrected chi connectivity index (χ2v) is 7.21. The van der Waals surface area contributed by atoms with Crippen molar-refractivity contribution in [3.8, 4) is 0 Å². The molecule has 0 saturated carbocycles. The molecule has 7 heteroatoms. The molecule has 6 nitrogen and oxygen atoms in total. The summed E-state index contributed by atoms with van der Waals surface area (Å²) in [6.45, 7) is 2.86. The zero-order valence-corrected chi connectivity index (χ0v) is 15.8. The van der Waals surface area contributed by atoms with Gasteiger partial charge in [-0.05, 0) is 37.1 Å². The van der Waals surface area contributed by atoms with Crippen LogP contribution in [0.1, 0.15) is 12.8 Å². The van der Waals surface area contributed by atoms with Gasteiger partial charge in [-0.1, -0.05) is 17.7 Å². The number of fused-ring (bicyclic) bond motifs is 1. The number of hydrogen-bond donors (Lipinski definition) is 1. The largest absolute Gasteiger partial charge is 0.354 e. The number of piperidine rings is 1. The standard InChI is InChI=1S/C20H22ClN5O/c21-17-5-1-6-18-16(17)7-12-25(18)13-10-22-19(27)15-4-2-11-26(14-15)20-23-8-3-9-24-20/h1,3,5-9,12,15H,2,4,10-11,13-14H2,(H,22,27)/t15-/m1/s1. The smallest absolute Gasteiger partial charge is 0.225 e. The van der Waals surface area contributed by atoms with Gasteiger partial charge in [0.25, 0.3) is 0 Å². The minimum Gasteiger partial charge on any atom is -0.354 e. The Hall–Kier alpha value is -2.60. The normalized spacial score (nSPS) is 17.2. The number of anilines is 1. The van der Waals surface area contributed by atoms with E-state index in [1.165, 1.54) is 0 Å². The first-order chi connectivity index (χ1) is 13.2. The van der Waals surface area contributed by atoms with Gasteiger partial charge in [-0.25, -0.2) is 9.97 Å². The van der Waals surface area contributed by atoms with Gasteiger partial charge in [0, 0.05) is 60.7 Å². The lowest BCUT2D eigenvalue weighted by Crippen LogP contribution is -2.44. The van der Waals surface area contributed by atoms with Crippen molar-refractivity contribution in [1.82, 2.24) is 19.9 Å². The van der Waals surface area contributed by atoms with Gasteiger partial charge < -0.3 is 14.8 Å². The van der Waals surface area contributed by atoms with Crippen molar-refractivity contribution in [1.29, 1.82) is 0 Å². The molecular weight excluding hydrogens is 362 g/mol. The van der Waals surface area contributed by atoms with Crippen molar-refractivity contribution in [2.24, 2.45) is 5.92 Å². The van der Waals surface area contributed by atoms with Crippen molar-refractivity contribution in [3.63, 3.8) is 0 Å². The van der Waals surface area contributed by atoms with Crippen LogP contribution in [0, 0.1) is 5.92 Å². The third-order valence-corrected chi connectivity index (χ3v) is 5.37. The summed E-state index contributed by atoms with van der Waals surface area (Å²) in [5, 5.41) is 4.87. The van der Waals surface area contributed by atoms with Crippen LogP contribution in [0.2, 0.25) is 5.02 Å². The molecule has 1 N–H and O–H groups in total. The molecule has 1 fully saturated rings. The molecule has 27 heavy (non-hydrogen) atoms. The molecule has 0 bridgehead atoms. The van der Waals surface area contributed by atoms with Gasteiger partial charge in [0.1, 0.15) is 0 Å². The molecule has 0 unspecified atom stereocenters. The third-order valence-electron chi connectivity index (χ3n) is 5.04. The van der Waals surface area contributed by atoms with Crippen molar-refractivity contribution in [3.05, 3.63) is 53.9 Å². The summed E-state index contributed by atoms with van der Waals surface area (Å²) in [7, 11) is 0. The molecule has 1 amide bonds. The van der Waals surface area contributed by atoms with Crippen LogP contribution in [0.3, 0.4) is 0 Å². The summed E-state index contributed by atoms with van der Waals surface area (Å²) in [5.41, 5.74) is 1.09. The molecule has 0 aliphatic carbocycles. The van der Waals surface area contributed by atoms with Gasteiger partial charge in [0.2, 0.25) is 11.9 Å². The van der Waals surface area contributed by atoms with Crippen LogP contribution in [0.4, 0.5) is 5.95 Å². The monoisotopic (exact) mass is 383 g/mol. The van der Waals surface area contributed by atoms with E-state index in [-0.39, 0.29) is 11.8 Å². The third kappa shape index (κ3) is 3.90. The van der Waals surface area contributed by atoms with E-state index >= 15 is 0 Å². The van der Waals surface area contributed by atoms with E-state index in [1.54, 1.807) is 18.5 Å². The van der Waals surface area contributed by atoms with Gasteiger partial charge in [-0.2, -0.15) is 0 Å². The Morgan fingerprint density at radius 1 is 1.22 bits per heavy atom. The maximum absolute atomic E-state index is 12.6. The lowest BCUT2D eigenvalue weighted by Gasteiger charge is -2.31. The molecule has 1 aliphatic heterocycles. The molecule has 1 atom stereocenters. The summed E-state index contributed by atoms with van der Waals surface area (Å²) in [6.07, 6.45) is 7.35. The molecule has 2 aromatic heterocycles. The summed E-state index contributed by atoms with van der Waals surface area (Å²) < 4.78 is 2.12. The first-order valence-corrected chi connectivity index (χ1v) is 9.63. The summed E-state index contributed by atoms with van der Waals surface area (Å²) in [5.74, 6) is 0.772. The quantitative estimate of drug-likeness (QED) is 0.735. The molecule has 1 aromatic carbocycles. The van der Waals surface area contributed by atoms with Crippen molar-refractivity contribution in [2.75, 3.05) is 24.5 Å². The van der Waals surface area contributed by atoms with Gasteiger partial charge in [-0.15, -0.1) is 0 Å². The molecule has 3 aromatic rings. The van der Waals surface area contributed by atoms with Gasteiger partial charge in [0.05, 0.1) is 5.92 Å².